The molecule has 2 atom stereocenters. The lowest BCUT2D eigenvalue weighted by Gasteiger charge is -2.22. The second-order valence-corrected chi connectivity index (χ2v) is 5.61. The van der Waals surface area contributed by atoms with Crippen molar-refractivity contribution in [2.45, 2.75) is 25.4 Å². The van der Waals surface area contributed by atoms with Gasteiger partial charge in [0, 0.05) is 0 Å². The number of hydrogen-bond donors (Lipinski definition) is 3. The number of aliphatic hydroxyl groups is 1. The van der Waals surface area contributed by atoms with E-state index in [1.165, 1.54) is 12.1 Å². The van der Waals surface area contributed by atoms with Gasteiger partial charge in [-0.05, 0) is 24.1 Å². The van der Waals surface area contributed by atoms with Crippen molar-refractivity contribution in [3.63, 3.8) is 0 Å². The SMILES string of the molecule is CCC(CO)NC(=O)NC(COc1ccccc1F)c1ccccc1. The zero-order chi connectivity index (χ0) is 18.1. The number of benzene rings is 2. The zero-order valence-corrected chi connectivity index (χ0v) is 14.1. The average Bonchev–Trinajstić information content (AvgIpc) is 2.65. The van der Waals surface area contributed by atoms with E-state index in [9.17, 15) is 14.3 Å². The predicted octanol–water partition coefficient (Wildman–Crippen LogP) is 3.02. The molecule has 0 aliphatic carbocycles. The Morgan fingerprint density at radius 1 is 1.12 bits per heavy atom. The third-order valence-corrected chi connectivity index (χ3v) is 3.80. The van der Waals surface area contributed by atoms with Crippen LogP contribution >= 0.6 is 0 Å². The summed E-state index contributed by atoms with van der Waals surface area (Å²) in [5.41, 5.74) is 0.839. The summed E-state index contributed by atoms with van der Waals surface area (Å²) in [4.78, 5) is 12.2. The minimum atomic E-state index is -0.461. The molecule has 0 aromatic heterocycles. The molecule has 0 saturated heterocycles. The van der Waals surface area contributed by atoms with Crippen LogP contribution in [0.5, 0.6) is 5.75 Å². The minimum absolute atomic E-state index is 0.0777. The normalized spacial score (nSPS) is 12.9. The van der Waals surface area contributed by atoms with Crippen LogP contribution in [0, 0.1) is 5.82 Å². The quantitative estimate of drug-likeness (QED) is 0.688. The Hall–Kier alpha value is -2.60. The van der Waals surface area contributed by atoms with E-state index in [1.54, 1.807) is 12.1 Å². The third kappa shape index (κ3) is 5.76. The largest absolute Gasteiger partial charge is 0.488 e. The summed E-state index contributed by atoms with van der Waals surface area (Å²) in [6.45, 7) is 1.82. The standard InChI is InChI=1S/C19H23FN2O3/c1-2-15(12-23)21-19(24)22-17(14-8-4-3-5-9-14)13-25-18-11-7-6-10-16(18)20/h3-11,15,17,23H,2,12-13H2,1H3,(H2,21,22,24). The summed E-state index contributed by atoms with van der Waals surface area (Å²) in [7, 11) is 0. The van der Waals surface area contributed by atoms with Crippen LogP contribution in [0.15, 0.2) is 54.6 Å². The van der Waals surface area contributed by atoms with E-state index in [0.717, 1.165) is 5.56 Å². The monoisotopic (exact) mass is 346 g/mol. The fraction of sp³-hybridized carbons (Fsp3) is 0.316. The fourth-order valence-electron chi connectivity index (χ4n) is 2.30. The molecule has 0 aliphatic rings. The molecule has 134 valence electrons. The number of amides is 2. The lowest BCUT2D eigenvalue weighted by molar-refractivity contribution is 0.203. The summed E-state index contributed by atoms with van der Waals surface area (Å²) < 4.78 is 19.3. The molecule has 6 heteroatoms. The van der Waals surface area contributed by atoms with Crippen LogP contribution in [0.25, 0.3) is 0 Å². The summed E-state index contributed by atoms with van der Waals surface area (Å²) >= 11 is 0. The van der Waals surface area contributed by atoms with Crippen molar-refractivity contribution >= 4 is 6.03 Å². The summed E-state index contributed by atoms with van der Waals surface area (Å²) in [6.07, 6.45) is 0.617. The van der Waals surface area contributed by atoms with Gasteiger partial charge in [-0.15, -0.1) is 0 Å². The van der Waals surface area contributed by atoms with E-state index in [2.05, 4.69) is 10.6 Å². The summed E-state index contributed by atoms with van der Waals surface area (Å²) in [5.74, 6) is -0.322. The van der Waals surface area contributed by atoms with Crippen molar-refractivity contribution in [3.8, 4) is 5.75 Å². The second-order valence-electron chi connectivity index (χ2n) is 5.61. The van der Waals surface area contributed by atoms with Gasteiger partial charge < -0.3 is 20.5 Å². The smallest absolute Gasteiger partial charge is 0.315 e. The van der Waals surface area contributed by atoms with Gasteiger partial charge >= 0.3 is 6.03 Å². The molecule has 2 amide bonds. The van der Waals surface area contributed by atoms with Crippen molar-refractivity contribution < 1.29 is 19.0 Å². The van der Waals surface area contributed by atoms with Crippen LogP contribution in [0.4, 0.5) is 9.18 Å². The Balaban J connectivity index is 2.06. The van der Waals surface area contributed by atoms with E-state index in [-0.39, 0.29) is 25.0 Å². The van der Waals surface area contributed by atoms with Crippen molar-refractivity contribution in [1.82, 2.24) is 10.6 Å². The Kier molecular flexibility index (Phi) is 7.22. The van der Waals surface area contributed by atoms with Crippen molar-refractivity contribution in [2.24, 2.45) is 0 Å². The van der Waals surface area contributed by atoms with Crippen LogP contribution < -0.4 is 15.4 Å². The highest BCUT2D eigenvalue weighted by atomic mass is 19.1. The molecule has 2 aromatic carbocycles. The maximum Gasteiger partial charge on any atom is 0.315 e. The molecule has 0 aliphatic heterocycles. The van der Waals surface area contributed by atoms with E-state index in [0.29, 0.717) is 6.42 Å². The highest BCUT2D eigenvalue weighted by Gasteiger charge is 2.18. The van der Waals surface area contributed by atoms with Crippen molar-refractivity contribution in [2.75, 3.05) is 13.2 Å². The Labute approximate surface area is 146 Å². The molecular weight excluding hydrogens is 323 g/mol. The van der Waals surface area contributed by atoms with Crippen molar-refractivity contribution in [1.29, 1.82) is 0 Å². The van der Waals surface area contributed by atoms with Gasteiger partial charge in [0.1, 0.15) is 6.61 Å². The molecule has 0 saturated carbocycles. The number of aliphatic hydroxyl groups excluding tert-OH is 1. The number of halogens is 1. The van der Waals surface area contributed by atoms with Crippen LogP contribution in [-0.2, 0) is 0 Å². The highest BCUT2D eigenvalue weighted by Crippen LogP contribution is 2.19. The molecule has 0 heterocycles. The lowest BCUT2D eigenvalue weighted by Crippen LogP contribution is -2.45. The molecular formula is C19H23FN2O3. The van der Waals surface area contributed by atoms with Gasteiger partial charge in [-0.2, -0.15) is 0 Å². The topological polar surface area (TPSA) is 70.6 Å². The number of ether oxygens (including phenoxy) is 1. The maximum absolute atomic E-state index is 13.7. The van der Waals surface area contributed by atoms with Crippen molar-refractivity contribution in [3.05, 3.63) is 66.0 Å². The first-order chi connectivity index (χ1) is 12.1. The van der Waals surface area contributed by atoms with Gasteiger partial charge in [-0.25, -0.2) is 9.18 Å². The fourth-order valence-corrected chi connectivity index (χ4v) is 2.30. The van der Waals surface area contributed by atoms with Gasteiger partial charge in [0.2, 0.25) is 0 Å². The zero-order valence-electron chi connectivity index (χ0n) is 14.1. The molecule has 0 bridgehead atoms. The maximum atomic E-state index is 13.7. The number of nitrogens with one attached hydrogen (secondary N) is 2. The number of carbonyl (C=O) groups excluding carboxylic acids is 1. The number of hydrogen-bond acceptors (Lipinski definition) is 3. The Morgan fingerprint density at radius 2 is 1.80 bits per heavy atom. The van der Waals surface area contributed by atoms with E-state index in [4.69, 9.17) is 4.74 Å². The van der Waals surface area contributed by atoms with Gasteiger partial charge in [0.25, 0.3) is 0 Å². The molecule has 0 radical (unpaired) electrons. The third-order valence-electron chi connectivity index (χ3n) is 3.80. The van der Waals surface area contributed by atoms with Gasteiger partial charge in [0.15, 0.2) is 11.6 Å². The predicted molar refractivity (Wildman–Crippen MR) is 93.9 cm³/mol. The molecule has 2 aromatic rings. The van der Waals surface area contributed by atoms with Gasteiger partial charge in [-0.3, -0.25) is 0 Å². The summed E-state index contributed by atoms with van der Waals surface area (Å²) in [5, 5.41) is 14.7. The lowest BCUT2D eigenvalue weighted by atomic mass is 10.1. The van der Waals surface area contributed by atoms with Crippen LogP contribution in [0.3, 0.4) is 0 Å². The molecule has 2 rings (SSSR count). The number of para-hydroxylation sites is 1. The number of carbonyl (C=O) groups is 1. The molecule has 0 fully saturated rings. The number of urea groups is 1. The van der Waals surface area contributed by atoms with Gasteiger partial charge in [-0.1, -0.05) is 49.4 Å². The molecule has 25 heavy (non-hydrogen) atoms. The van der Waals surface area contributed by atoms with Crippen LogP contribution in [0.2, 0.25) is 0 Å². The average molecular weight is 346 g/mol. The first kappa shape index (κ1) is 18.7. The second kappa shape index (κ2) is 9.64. The van der Waals surface area contributed by atoms with Crippen LogP contribution in [-0.4, -0.2) is 30.4 Å². The highest BCUT2D eigenvalue weighted by molar-refractivity contribution is 5.74. The van der Waals surface area contributed by atoms with E-state index < -0.39 is 17.9 Å². The first-order valence-corrected chi connectivity index (χ1v) is 8.24. The minimum Gasteiger partial charge on any atom is -0.488 e. The first-order valence-electron chi connectivity index (χ1n) is 8.24. The van der Waals surface area contributed by atoms with E-state index >= 15 is 0 Å². The van der Waals surface area contributed by atoms with E-state index in [1.807, 2.05) is 37.3 Å². The number of rotatable bonds is 8. The molecule has 5 nitrogen and oxygen atoms in total. The Morgan fingerprint density at radius 3 is 2.44 bits per heavy atom. The molecule has 2 unspecified atom stereocenters. The van der Waals surface area contributed by atoms with Crippen LogP contribution in [0.1, 0.15) is 24.9 Å². The molecule has 3 N–H and O–H groups in total. The van der Waals surface area contributed by atoms with Gasteiger partial charge in [0.05, 0.1) is 18.7 Å². The summed E-state index contributed by atoms with van der Waals surface area (Å²) in [6, 6.07) is 14.2. The Bertz CT molecular complexity index is 663. The molecule has 0 spiro atoms.